The zero-order valence-corrected chi connectivity index (χ0v) is 21.7. The van der Waals surface area contributed by atoms with Crippen molar-refractivity contribution in [3.8, 4) is 11.4 Å². The van der Waals surface area contributed by atoms with Crippen molar-refractivity contribution in [3.05, 3.63) is 40.4 Å². The molecule has 0 aliphatic carbocycles. The number of aromatic amines is 1. The van der Waals surface area contributed by atoms with Crippen LogP contribution in [0.15, 0.2) is 29.1 Å². The second-order valence-electron chi connectivity index (χ2n) is 9.60. The molecule has 1 aliphatic rings. The van der Waals surface area contributed by atoms with E-state index in [1.54, 1.807) is 36.1 Å². The van der Waals surface area contributed by atoms with Gasteiger partial charge in [-0.15, -0.1) is 0 Å². The summed E-state index contributed by atoms with van der Waals surface area (Å²) in [4.78, 5) is 51.7. The number of aromatic nitrogens is 4. The molecule has 0 saturated carbocycles. The van der Waals surface area contributed by atoms with Crippen LogP contribution in [0.3, 0.4) is 0 Å². The van der Waals surface area contributed by atoms with E-state index in [0.29, 0.717) is 24.5 Å². The summed E-state index contributed by atoms with van der Waals surface area (Å²) >= 11 is 0. The summed E-state index contributed by atoms with van der Waals surface area (Å²) in [6, 6.07) is 6.83. The predicted molar refractivity (Wildman–Crippen MR) is 136 cm³/mol. The second-order valence-corrected chi connectivity index (χ2v) is 9.60. The van der Waals surface area contributed by atoms with Crippen LogP contribution >= 0.6 is 0 Å². The number of carbonyl (C=O) groups excluding carboxylic acids is 2. The lowest BCUT2D eigenvalue weighted by Crippen LogP contribution is -2.42. The fraction of sp³-hybridized carbons (Fsp3) is 0.480. The van der Waals surface area contributed by atoms with Crippen molar-refractivity contribution in [2.24, 2.45) is 0 Å². The monoisotopic (exact) mass is 512 g/mol. The van der Waals surface area contributed by atoms with Crippen LogP contribution in [-0.4, -0.2) is 74.9 Å². The first-order valence-corrected chi connectivity index (χ1v) is 12.2. The summed E-state index contributed by atoms with van der Waals surface area (Å²) in [6.07, 6.45) is 1.23. The van der Waals surface area contributed by atoms with E-state index in [2.05, 4.69) is 20.3 Å². The summed E-state index contributed by atoms with van der Waals surface area (Å²) < 4.78 is 17.5. The smallest absolute Gasteiger partial charge is 0.410 e. The van der Waals surface area contributed by atoms with Crippen LogP contribution < -0.4 is 15.7 Å². The second kappa shape index (κ2) is 10.5. The van der Waals surface area contributed by atoms with Crippen LogP contribution in [-0.2, 0) is 9.47 Å². The van der Waals surface area contributed by atoms with Gasteiger partial charge >= 0.3 is 17.8 Å². The van der Waals surface area contributed by atoms with Crippen LogP contribution in [0.4, 0.5) is 10.7 Å². The van der Waals surface area contributed by atoms with Crippen LogP contribution in [0, 0.1) is 0 Å². The van der Waals surface area contributed by atoms with E-state index < -0.39 is 17.3 Å². The zero-order valence-electron chi connectivity index (χ0n) is 21.7. The SMILES string of the molecule is CCOC(=O)c1nc(NC[C@@H]2CCCN2C(=O)OC(C)(C)C)nc2c1[nH]c(=O)n2-c1ccccc1OC. The van der Waals surface area contributed by atoms with Crippen molar-refractivity contribution >= 4 is 29.2 Å². The Bertz CT molecular complexity index is 1360. The van der Waals surface area contributed by atoms with Gasteiger partial charge in [0.25, 0.3) is 0 Å². The van der Waals surface area contributed by atoms with Crippen molar-refractivity contribution in [1.82, 2.24) is 24.4 Å². The highest BCUT2D eigenvalue weighted by molar-refractivity contribution is 5.99. The van der Waals surface area contributed by atoms with Gasteiger partial charge in [0.15, 0.2) is 11.3 Å². The average Bonchev–Trinajstić information content (AvgIpc) is 3.45. The molecule has 0 bridgehead atoms. The van der Waals surface area contributed by atoms with Crippen molar-refractivity contribution in [2.45, 2.75) is 52.2 Å². The standard InChI is InChI=1S/C25H32N6O6/c1-6-36-21(32)19-18-20(31(23(33)28-18)16-11-7-8-12-17(16)35-5)29-22(27-19)26-14-15-10-9-13-30(15)24(34)37-25(2,3)4/h7-8,11-12,15H,6,9-10,13-14H2,1-5H3,(H,28,33)(H,26,27,29)/t15-/m0/s1. The maximum Gasteiger partial charge on any atom is 0.410 e. The summed E-state index contributed by atoms with van der Waals surface area (Å²) in [5.74, 6) is -0.118. The Kier molecular flexibility index (Phi) is 7.37. The van der Waals surface area contributed by atoms with Gasteiger partial charge in [0.2, 0.25) is 5.95 Å². The van der Waals surface area contributed by atoms with Gasteiger partial charge in [0.05, 0.1) is 25.4 Å². The molecule has 2 N–H and O–H groups in total. The number of benzene rings is 1. The summed E-state index contributed by atoms with van der Waals surface area (Å²) in [7, 11) is 1.50. The lowest BCUT2D eigenvalue weighted by molar-refractivity contribution is 0.0234. The molecule has 198 valence electrons. The number of ether oxygens (including phenoxy) is 3. The number of H-pyrrole nitrogens is 1. The van der Waals surface area contributed by atoms with Crippen molar-refractivity contribution in [3.63, 3.8) is 0 Å². The van der Waals surface area contributed by atoms with E-state index >= 15 is 0 Å². The number of para-hydroxylation sites is 2. The molecule has 1 aromatic carbocycles. The third kappa shape index (κ3) is 5.52. The number of nitrogens with zero attached hydrogens (tertiary/aromatic N) is 4. The molecule has 1 saturated heterocycles. The van der Waals surface area contributed by atoms with Crippen molar-refractivity contribution in [2.75, 3.05) is 32.1 Å². The minimum Gasteiger partial charge on any atom is -0.495 e. The summed E-state index contributed by atoms with van der Waals surface area (Å²) in [5, 5.41) is 3.14. The third-order valence-electron chi connectivity index (χ3n) is 5.83. The molecule has 12 heteroatoms. The average molecular weight is 513 g/mol. The molecule has 2 aromatic heterocycles. The van der Waals surface area contributed by atoms with E-state index in [0.717, 1.165) is 12.8 Å². The zero-order chi connectivity index (χ0) is 26.7. The molecule has 1 amide bonds. The fourth-order valence-corrected chi connectivity index (χ4v) is 4.27. The van der Waals surface area contributed by atoms with Crippen LogP contribution in [0.25, 0.3) is 16.9 Å². The normalized spacial score (nSPS) is 15.6. The number of fused-ring (bicyclic) bond motifs is 1. The Morgan fingerprint density at radius 2 is 1.97 bits per heavy atom. The largest absolute Gasteiger partial charge is 0.495 e. The highest BCUT2D eigenvalue weighted by atomic mass is 16.6. The van der Waals surface area contributed by atoms with E-state index in [1.807, 2.05) is 20.8 Å². The Hall–Kier alpha value is -4.09. The molecule has 0 spiro atoms. The molecular formula is C25H32N6O6. The van der Waals surface area contributed by atoms with Gasteiger partial charge in [0, 0.05) is 13.1 Å². The molecule has 0 unspecified atom stereocenters. The number of hydrogen-bond acceptors (Lipinski definition) is 9. The minimum absolute atomic E-state index is 0.0736. The van der Waals surface area contributed by atoms with Crippen LogP contribution in [0.2, 0.25) is 0 Å². The lowest BCUT2D eigenvalue weighted by atomic mass is 10.2. The van der Waals surface area contributed by atoms with Gasteiger partial charge in [-0.25, -0.2) is 23.9 Å². The van der Waals surface area contributed by atoms with E-state index in [1.165, 1.54) is 11.7 Å². The van der Waals surface area contributed by atoms with Gasteiger partial charge in [-0.1, -0.05) is 12.1 Å². The first-order chi connectivity index (χ1) is 17.6. The molecule has 1 atom stereocenters. The van der Waals surface area contributed by atoms with E-state index in [9.17, 15) is 14.4 Å². The summed E-state index contributed by atoms with van der Waals surface area (Å²) in [6.45, 7) is 8.21. The quantitative estimate of drug-likeness (QED) is 0.457. The topological polar surface area (TPSA) is 141 Å². The van der Waals surface area contributed by atoms with Gasteiger partial charge < -0.3 is 29.4 Å². The molecular weight excluding hydrogens is 480 g/mol. The number of nitrogens with one attached hydrogen (secondary N) is 2. The molecule has 1 fully saturated rings. The van der Waals surface area contributed by atoms with Gasteiger partial charge in [-0.05, 0) is 52.7 Å². The number of carbonyl (C=O) groups is 2. The fourth-order valence-electron chi connectivity index (χ4n) is 4.27. The Morgan fingerprint density at radius 1 is 1.22 bits per heavy atom. The Balaban J connectivity index is 1.71. The highest BCUT2D eigenvalue weighted by Crippen LogP contribution is 2.26. The van der Waals surface area contributed by atoms with E-state index in [4.69, 9.17) is 14.2 Å². The lowest BCUT2D eigenvalue weighted by Gasteiger charge is -2.28. The number of amides is 1. The van der Waals surface area contributed by atoms with E-state index in [-0.39, 0.29) is 41.5 Å². The van der Waals surface area contributed by atoms with Crippen LogP contribution in [0.5, 0.6) is 5.75 Å². The predicted octanol–water partition coefficient (Wildman–Crippen LogP) is 3.11. The Morgan fingerprint density at radius 3 is 2.68 bits per heavy atom. The van der Waals surface area contributed by atoms with Crippen molar-refractivity contribution in [1.29, 1.82) is 0 Å². The van der Waals surface area contributed by atoms with Crippen LogP contribution in [0.1, 0.15) is 51.0 Å². The molecule has 3 aromatic rings. The maximum absolute atomic E-state index is 13.0. The summed E-state index contributed by atoms with van der Waals surface area (Å²) in [5.41, 5.74) is -0.398. The molecule has 3 heterocycles. The first kappa shape index (κ1) is 26.0. The number of anilines is 1. The molecule has 1 aliphatic heterocycles. The Labute approximate surface area is 213 Å². The van der Waals surface area contributed by atoms with Gasteiger partial charge in [-0.3, -0.25) is 0 Å². The number of likely N-dealkylation sites (tertiary alicyclic amines) is 1. The van der Waals surface area contributed by atoms with Gasteiger partial charge in [0.1, 0.15) is 16.9 Å². The van der Waals surface area contributed by atoms with Gasteiger partial charge in [-0.2, -0.15) is 4.98 Å². The molecule has 0 radical (unpaired) electrons. The highest BCUT2D eigenvalue weighted by Gasteiger charge is 2.32. The minimum atomic E-state index is -0.692. The molecule has 12 nitrogen and oxygen atoms in total. The first-order valence-electron chi connectivity index (χ1n) is 12.2. The maximum atomic E-state index is 13.0. The number of methoxy groups -OCH3 is 1. The number of rotatable bonds is 7. The third-order valence-corrected chi connectivity index (χ3v) is 5.83. The molecule has 4 rings (SSSR count). The number of imidazole rings is 1. The molecule has 37 heavy (non-hydrogen) atoms. The van der Waals surface area contributed by atoms with Crippen molar-refractivity contribution < 1.29 is 23.8 Å². The number of esters is 1. The number of hydrogen-bond donors (Lipinski definition) is 2.